The van der Waals surface area contributed by atoms with Crippen LogP contribution in [0.15, 0.2) is 54.4 Å². The number of hydrogen-bond donors (Lipinski definition) is 3. The molecule has 200 valence electrons. The van der Waals surface area contributed by atoms with E-state index in [0.717, 1.165) is 28.7 Å². The Labute approximate surface area is 224 Å². The molecule has 0 saturated carbocycles. The second-order valence-corrected chi connectivity index (χ2v) is 9.70. The molecule has 9 heteroatoms. The number of anilines is 1. The van der Waals surface area contributed by atoms with Gasteiger partial charge >= 0.3 is 5.97 Å². The van der Waals surface area contributed by atoms with Gasteiger partial charge in [0.1, 0.15) is 5.82 Å². The first-order valence-electron chi connectivity index (χ1n) is 12.6. The number of fused-ring (bicyclic) bond motifs is 2. The van der Waals surface area contributed by atoms with Crippen LogP contribution in [0.1, 0.15) is 34.2 Å². The van der Waals surface area contributed by atoms with E-state index in [-0.39, 0.29) is 18.0 Å². The lowest BCUT2D eigenvalue weighted by atomic mass is 9.88. The van der Waals surface area contributed by atoms with Gasteiger partial charge < -0.3 is 20.6 Å². The SMILES string of the molecule is Cc1cn2nc(N/C=C(\C=N)Cc3ccc(F)cc3)cc2c(-c2cc(F)c3c(c2C)CCCO3)c1CC(=O)O. The number of aliphatic carboxylic acids is 1. The maximum absolute atomic E-state index is 15.2. The molecular weight excluding hydrogens is 502 g/mol. The van der Waals surface area contributed by atoms with Gasteiger partial charge in [0.15, 0.2) is 17.4 Å². The highest BCUT2D eigenvalue weighted by atomic mass is 19.1. The lowest BCUT2D eigenvalue weighted by Crippen LogP contribution is -2.13. The Balaban J connectivity index is 1.60. The van der Waals surface area contributed by atoms with Crippen LogP contribution in [0, 0.1) is 30.9 Å². The van der Waals surface area contributed by atoms with Gasteiger partial charge in [-0.25, -0.2) is 13.3 Å². The number of carboxylic acid groups (broad SMARTS) is 1. The van der Waals surface area contributed by atoms with Crippen molar-refractivity contribution in [2.75, 3.05) is 11.9 Å². The second-order valence-electron chi connectivity index (χ2n) is 9.70. The highest BCUT2D eigenvalue weighted by Crippen LogP contribution is 2.41. The molecule has 2 aromatic heterocycles. The molecule has 39 heavy (non-hydrogen) atoms. The topological polar surface area (TPSA) is 99.7 Å². The van der Waals surface area contributed by atoms with Gasteiger partial charge in [0.05, 0.1) is 18.5 Å². The zero-order chi connectivity index (χ0) is 27.7. The van der Waals surface area contributed by atoms with Crippen LogP contribution >= 0.6 is 0 Å². The fraction of sp³-hybridized carbons (Fsp3) is 0.233. The van der Waals surface area contributed by atoms with Crippen LogP contribution in [0.2, 0.25) is 0 Å². The summed E-state index contributed by atoms with van der Waals surface area (Å²) < 4.78 is 35.7. The van der Waals surface area contributed by atoms with Gasteiger partial charge in [0.2, 0.25) is 0 Å². The molecule has 1 aliphatic heterocycles. The average molecular weight is 531 g/mol. The van der Waals surface area contributed by atoms with Gasteiger partial charge in [-0.15, -0.1) is 0 Å². The molecule has 0 radical (unpaired) electrons. The van der Waals surface area contributed by atoms with Crippen LogP contribution in [0.5, 0.6) is 5.75 Å². The van der Waals surface area contributed by atoms with E-state index >= 15 is 4.39 Å². The Morgan fingerprint density at radius 2 is 1.97 bits per heavy atom. The number of carbonyl (C=O) groups is 1. The van der Waals surface area contributed by atoms with E-state index in [2.05, 4.69) is 10.4 Å². The van der Waals surface area contributed by atoms with Crippen LogP contribution in [0.4, 0.5) is 14.6 Å². The minimum atomic E-state index is -0.986. The summed E-state index contributed by atoms with van der Waals surface area (Å²) in [6.07, 6.45) is 6.29. The first kappa shape index (κ1) is 26.1. The van der Waals surface area contributed by atoms with Crippen LogP contribution in [0.3, 0.4) is 0 Å². The maximum atomic E-state index is 15.2. The molecule has 4 aromatic rings. The summed E-state index contributed by atoms with van der Waals surface area (Å²) in [5, 5.41) is 25.2. The fourth-order valence-corrected chi connectivity index (χ4v) is 5.11. The number of ether oxygens (including phenoxy) is 1. The predicted molar refractivity (Wildman–Crippen MR) is 146 cm³/mol. The highest BCUT2D eigenvalue weighted by molar-refractivity contribution is 5.90. The Bertz CT molecular complexity index is 1620. The Hall–Kier alpha value is -4.53. The van der Waals surface area contributed by atoms with Crippen molar-refractivity contribution in [3.05, 3.63) is 93.8 Å². The number of benzene rings is 2. The summed E-state index contributed by atoms with van der Waals surface area (Å²) in [6, 6.07) is 9.30. The van der Waals surface area contributed by atoms with E-state index in [1.807, 2.05) is 13.8 Å². The zero-order valence-electron chi connectivity index (χ0n) is 21.6. The van der Waals surface area contributed by atoms with Crippen molar-refractivity contribution in [2.24, 2.45) is 0 Å². The molecule has 0 aliphatic carbocycles. The van der Waals surface area contributed by atoms with Crippen molar-refractivity contribution in [3.63, 3.8) is 0 Å². The number of carboxylic acids is 1. The monoisotopic (exact) mass is 530 g/mol. The summed E-state index contributed by atoms with van der Waals surface area (Å²) in [5.74, 6) is -1.03. The normalized spacial score (nSPS) is 13.2. The number of aryl methyl sites for hydroxylation is 1. The number of nitrogens with one attached hydrogen (secondary N) is 2. The molecule has 0 bridgehead atoms. The third-order valence-corrected chi connectivity index (χ3v) is 7.03. The van der Waals surface area contributed by atoms with Crippen molar-refractivity contribution >= 4 is 23.5 Å². The molecule has 0 atom stereocenters. The van der Waals surface area contributed by atoms with Crippen LogP contribution in [-0.2, 0) is 24.1 Å². The third-order valence-electron chi connectivity index (χ3n) is 7.03. The molecule has 0 unspecified atom stereocenters. The molecule has 2 aromatic carbocycles. The highest BCUT2D eigenvalue weighted by Gasteiger charge is 2.25. The van der Waals surface area contributed by atoms with E-state index in [9.17, 15) is 14.3 Å². The molecule has 0 spiro atoms. The van der Waals surface area contributed by atoms with Crippen LogP contribution < -0.4 is 10.1 Å². The number of nitrogens with zero attached hydrogens (tertiary/aromatic N) is 2. The summed E-state index contributed by atoms with van der Waals surface area (Å²) in [5.41, 5.74) is 6.32. The van der Waals surface area contributed by atoms with E-state index < -0.39 is 11.8 Å². The molecule has 0 saturated heterocycles. The van der Waals surface area contributed by atoms with E-state index in [1.54, 1.807) is 35.1 Å². The van der Waals surface area contributed by atoms with E-state index in [4.69, 9.17) is 10.1 Å². The van der Waals surface area contributed by atoms with Crippen LogP contribution in [0.25, 0.3) is 16.6 Å². The number of hydrogen-bond acceptors (Lipinski definition) is 5. The van der Waals surface area contributed by atoms with Gasteiger partial charge in [0.25, 0.3) is 0 Å². The van der Waals surface area contributed by atoms with E-state index in [1.165, 1.54) is 24.4 Å². The molecule has 0 amide bonds. The Kier molecular flexibility index (Phi) is 7.15. The van der Waals surface area contributed by atoms with Crippen LogP contribution in [-0.4, -0.2) is 33.5 Å². The molecule has 3 N–H and O–H groups in total. The maximum Gasteiger partial charge on any atom is 0.307 e. The summed E-state index contributed by atoms with van der Waals surface area (Å²) in [4.78, 5) is 11.8. The Morgan fingerprint density at radius 1 is 1.21 bits per heavy atom. The smallest absolute Gasteiger partial charge is 0.307 e. The molecule has 3 heterocycles. The summed E-state index contributed by atoms with van der Waals surface area (Å²) >= 11 is 0. The van der Waals surface area contributed by atoms with E-state index in [0.29, 0.717) is 53.0 Å². The fourth-order valence-electron chi connectivity index (χ4n) is 5.11. The van der Waals surface area contributed by atoms with Gasteiger partial charge in [-0.3, -0.25) is 4.79 Å². The van der Waals surface area contributed by atoms with Gasteiger partial charge in [-0.1, -0.05) is 12.1 Å². The van der Waals surface area contributed by atoms with Crippen molar-refractivity contribution in [2.45, 2.75) is 39.5 Å². The predicted octanol–water partition coefficient (Wildman–Crippen LogP) is 6.04. The number of aromatic nitrogens is 2. The third kappa shape index (κ3) is 5.25. The lowest BCUT2D eigenvalue weighted by molar-refractivity contribution is -0.136. The van der Waals surface area contributed by atoms with Crippen molar-refractivity contribution in [3.8, 4) is 16.9 Å². The molecule has 5 rings (SSSR count). The molecule has 0 fully saturated rings. The van der Waals surface area contributed by atoms with Crippen molar-refractivity contribution < 1.29 is 23.4 Å². The summed E-state index contributed by atoms with van der Waals surface area (Å²) in [7, 11) is 0. The second kappa shape index (κ2) is 10.7. The van der Waals surface area contributed by atoms with Crippen molar-refractivity contribution in [1.82, 2.24) is 9.61 Å². The molecule has 1 aliphatic rings. The largest absolute Gasteiger partial charge is 0.490 e. The number of rotatable bonds is 8. The average Bonchev–Trinajstić information content (AvgIpc) is 3.32. The number of pyridine rings is 1. The minimum Gasteiger partial charge on any atom is -0.490 e. The standard InChI is InChI=1S/C30H28F2N4O3/c1-17-16-36-26(13-27(35-36)34-15-20(14-33)10-19-5-7-21(31)8-6-19)29(23(17)12-28(37)38)24-11-25(32)30-22(18(24)2)4-3-9-39-30/h5-8,11,13-16,33H,3-4,9-10,12H2,1-2H3,(H,34,35)(H,37,38)/b20-15-,33-14?. The van der Waals surface area contributed by atoms with Gasteiger partial charge in [-0.2, -0.15) is 5.10 Å². The van der Waals surface area contributed by atoms with Gasteiger partial charge in [0, 0.05) is 42.2 Å². The zero-order valence-corrected chi connectivity index (χ0v) is 21.6. The number of allylic oxidation sites excluding steroid dienone is 1. The Morgan fingerprint density at radius 3 is 2.69 bits per heavy atom. The lowest BCUT2D eigenvalue weighted by Gasteiger charge is -2.23. The number of halogens is 2. The molecule has 7 nitrogen and oxygen atoms in total. The van der Waals surface area contributed by atoms with Crippen molar-refractivity contribution in [1.29, 1.82) is 5.41 Å². The summed E-state index contributed by atoms with van der Waals surface area (Å²) in [6.45, 7) is 4.19. The quantitative estimate of drug-likeness (QED) is 0.241. The first-order valence-corrected chi connectivity index (χ1v) is 12.6. The molecular formula is C30H28F2N4O3. The first-order chi connectivity index (χ1) is 18.7. The van der Waals surface area contributed by atoms with Gasteiger partial charge in [-0.05, 0) is 78.3 Å². The minimum absolute atomic E-state index is 0.226.